The molecule has 0 unspecified atom stereocenters. The van der Waals surface area contributed by atoms with Crippen molar-refractivity contribution >= 4 is 38.1 Å². The Hall–Kier alpha value is -3.19. The minimum Gasteiger partial charge on any atom is -0.397 e. The second-order valence-electron chi connectivity index (χ2n) is 5.79. The molecule has 3 aromatic rings. The van der Waals surface area contributed by atoms with Gasteiger partial charge in [-0.3, -0.25) is 9.11 Å². The predicted octanol–water partition coefficient (Wildman–Crippen LogP) is 1.78. The highest BCUT2D eigenvalue weighted by molar-refractivity contribution is 7.89. The van der Waals surface area contributed by atoms with E-state index in [1.165, 1.54) is 30.5 Å². The molecule has 0 atom stereocenters. The van der Waals surface area contributed by atoms with Gasteiger partial charge in [0, 0.05) is 5.56 Å². The van der Waals surface area contributed by atoms with Crippen LogP contribution in [0, 0.1) is 0 Å². The van der Waals surface area contributed by atoms with Crippen molar-refractivity contribution in [1.29, 1.82) is 0 Å². The fourth-order valence-corrected chi connectivity index (χ4v) is 4.81. The average Bonchev–Trinajstić information content (AvgIpc) is 2.66. The second-order valence-corrected chi connectivity index (χ2v) is 8.50. The third-order valence-corrected chi connectivity index (χ3v) is 5.88. The lowest BCUT2D eigenvalue weighted by molar-refractivity contribution is 0.467. The maximum Gasteiger partial charge on any atom is 0.298 e. The average molecular weight is 434 g/mol. The van der Waals surface area contributed by atoms with Gasteiger partial charge < -0.3 is 5.73 Å². The first-order valence-electron chi connectivity index (χ1n) is 7.88. The molecule has 0 amide bonds. The lowest BCUT2D eigenvalue weighted by Crippen LogP contribution is -2.14. The van der Waals surface area contributed by atoms with Gasteiger partial charge in [0.05, 0.1) is 17.6 Å². The van der Waals surface area contributed by atoms with Crippen LogP contribution < -0.4 is 5.73 Å². The van der Waals surface area contributed by atoms with Gasteiger partial charge in [-0.1, -0.05) is 42.5 Å². The molecule has 0 spiro atoms. The van der Waals surface area contributed by atoms with Gasteiger partial charge in [0.15, 0.2) is 0 Å². The molecule has 0 fully saturated rings. The molecule has 29 heavy (non-hydrogen) atoms. The van der Waals surface area contributed by atoms with Crippen LogP contribution in [0.25, 0.3) is 23.4 Å². The number of aromatic nitrogens is 3. The molecule has 0 bridgehead atoms. The van der Waals surface area contributed by atoms with E-state index in [0.717, 1.165) is 0 Å². The number of nitrogen functional groups attached to an aromatic ring is 1. The van der Waals surface area contributed by atoms with E-state index in [0.29, 0.717) is 5.56 Å². The number of hydrogen-bond acceptors (Lipinski definition) is 8. The van der Waals surface area contributed by atoms with Crippen LogP contribution in [0.5, 0.6) is 0 Å². The molecule has 2 aromatic carbocycles. The molecular weight excluding hydrogens is 420 g/mol. The van der Waals surface area contributed by atoms with Gasteiger partial charge in [0.1, 0.15) is 9.79 Å². The van der Waals surface area contributed by atoms with Crippen LogP contribution in [0.1, 0.15) is 11.1 Å². The third-order valence-electron chi connectivity index (χ3n) is 3.85. The standard InChI is InChI=1S/C17H14N4O6S2/c18-15-13(14-8-9-19-21-20-14)10-12(7-6-11-4-2-1-3-5-11)16(28(22,23)24)17(15)29(25,26)27/h1-10H,18H2,(H,22,23,24)(H,25,26,27). The molecule has 1 aromatic heterocycles. The quantitative estimate of drug-likeness (QED) is 0.305. The van der Waals surface area contributed by atoms with Gasteiger partial charge in [0.25, 0.3) is 20.2 Å². The first kappa shape index (κ1) is 20.5. The van der Waals surface area contributed by atoms with Crippen LogP contribution in [-0.2, 0) is 20.2 Å². The van der Waals surface area contributed by atoms with Crippen LogP contribution in [-0.4, -0.2) is 41.4 Å². The molecule has 150 valence electrons. The van der Waals surface area contributed by atoms with E-state index < -0.39 is 35.7 Å². The molecular formula is C17H14N4O6S2. The summed E-state index contributed by atoms with van der Waals surface area (Å²) in [5, 5.41) is 10.7. The van der Waals surface area contributed by atoms with E-state index in [4.69, 9.17) is 5.73 Å². The summed E-state index contributed by atoms with van der Waals surface area (Å²) < 4.78 is 67.2. The van der Waals surface area contributed by atoms with Crippen LogP contribution >= 0.6 is 0 Å². The maximum absolute atomic E-state index is 12.0. The number of rotatable bonds is 5. The molecule has 0 saturated heterocycles. The van der Waals surface area contributed by atoms with Crippen molar-refractivity contribution < 1.29 is 25.9 Å². The molecule has 0 saturated carbocycles. The number of hydrogen-bond donors (Lipinski definition) is 3. The minimum absolute atomic E-state index is 0.0207. The molecule has 0 aliphatic carbocycles. The lowest BCUT2D eigenvalue weighted by Gasteiger charge is -2.15. The fraction of sp³-hybridized carbons (Fsp3) is 0. The summed E-state index contributed by atoms with van der Waals surface area (Å²) in [5.41, 5.74) is 5.74. The Morgan fingerprint density at radius 1 is 0.897 bits per heavy atom. The van der Waals surface area contributed by atoms with Crippen molar-refractivity contribution in [3.8, 4) is 11.3 Å². The van der Waals surface area contributed by atoms with Gasteiger partial charge >= 0.3 is 0 Å². The number of benzene rings is 2. The van der Waals surface area contributed by atoms with Crippen molar-refractivity contribution in [1.82, 2.24) is 15.4 Å². The smallest absolute Gasteiger partial charge is 0.298 e. The van der Waals surface area contributed by atoms with Crippen LogP contribution in [0.4, 0.5) is 5.69 Å². The number of nitrogens with two attached hydrogens (primary N) is 1. The summed E-state index contributed by atoms with van der Waals surface area (Å²) >= 11 is 0. The zero-order valence-electron chi connectivity index (χ0n) is 14.5. The summed E-state index contributed by atoms with van der Waals surface area (Å²) in [6.45, 7) is 0. The molecule has 0 aliphatic rings. The highest BCUT2D eigenvalue weighted by atomic mass is 32.2. The van der Waals surface area contributed by atoms with Crippen LogP contribution in [0.2, 0.25) is 0 Å². The van der Waals surface area contributed by atoms with Gasteiger partial charge in [-0.05, 0) is 28.5 Å². The summed E-state index contributed by atoms with van der Waals surface area (Å²) in [5.74, 6) is 0. The highest BCUT2D eigenvalue weighted by Gasteiger charge is 2.31. The molecule has 4 N–H and O–H groups in total. The van der Waals surface area contributed by atoms with E-state index in [9.17, 15) is 25.9 Å². The van der Waals surface area contributed by atoms with E-state index in [2.05, 4.69) is 15.4 Å². The van der Waals surface area contributed by atoms with Gasteiger partial charge in [-0.2, -0.15) is 16.8 Å². The van der Waals surface area contributed by atoms with Crippen LogP contribution in [0.15, 0.2) is 58.5 Å². The molecule has 0 aliphatic heterocycles. The highest BCUT2D eigenvalue weighted by Crippen LogP contribution is 2.38. The summed E-state index contributed by atoms with van der Waals surface area (Å²) in [4.78, 5) is -2.20. The Bertz CT molecular complexity index is 1290. The fourth-order valence-electron chi connectivity index (χ4n) is 2.67. The summed E-state index contributed by atoms with van der Waals surface area (Å²) in [6, 6.07) is 11.3. The van der Waals surface area contributed by atoms with Crippen molar-refractivity contribution in [2.75, 3.05) is 5.73 Å². The monoisotopic (exact) mass is 434 g/mol. The SMILES string of the molecule is Nc1c(-c2ccnnn2)cc(C=Cc2ccccc2)c(S(=O)(=O)O)c1S(=O)(=O)O. The predicted molar refractivity (Wildman–Crippen MR) is 105 cm³/mol. The first-order valence-corrected chi connectivity index (χ1v) is 10.8. The molecule has 1 heterocycles. The van der Waals surface area contributed by atoms with E-state index in [1.807, 2.05) is 0 Å². The van der Waals surface area contributed by atoms with E-state index in [-0.39, 0.29) is 16.8 Å². The number of nitrogens with zero attached hydrogens (tertiary/aromatic N) is 3. The van der Waals surface area contributed by atoms with E-state index in [1.54, 1.807) is 30.3 Å². The molecule has 12 heteroatoms. The summed E-state index contributed by atoms with van der Waals surface area (Å²) in [6.07, 6.45) is 4.03. The Morgan fingerprint density at radius 2 is 1.55 bits per heavy atom. The Balaban J connectivity index is 2.40. The Kier molecular flexibility index (Phi) is 5.44. The topological polar surface area (TPSA) is 173 Å². The molecule has 3 rings (SSSR count). The maximum atomic E-state index is 12.0. The molecule has 0 radical (unpaired) electrons. The van der Waals surface area contributed by atoms with Gasteiger partial charge in [0.2, 0.25) is 0 Å². The van der Waals surface area contributed by atoms with Gasteiger partial charge in [-0.25, -0.2) is 0 Å². The zero-order chi connectivity index (χ0) is 21.2. The van der Waals surface area contributed by atoms with Crippen molar-refractivity contribution in [3.05, 3.63) is 59.8 Å². The molecule has 10 nitrogen and oxygen atoms in total. The first-order chi connectivity index (χ1) is 13.6. The largest absolute Gasteiger partial charge is 0.397 e. The van der Waals surface area contributed by atoms with Gasteiger partial charge in [-0.15, -0.1) is 10.2 Å². The lowest BCUT2D eigenvalue weighted by atomic mass is 10.0. The van der Waals surface area contributed by atoms with E-state index >= 15 is 0 Å². The van der Waals surface area contributed by atoms with Crippen molar-refractivity contribution in [2.45, 2.75) is 9.79 Å². The third kappa shape index (κ3) is 4.46. The second kappa shape index (κ2) is 7.67. The normalized spacial score (nSPS) is 12.3. The Morgan fingerprint density at radius 3 is 2.10 bits per heavy atom. The van der Waals surface area contributed by atoms with Crippen molar-refractivity contribution in [3.63, 3.8) is 0 Å². The Labute approximate surface area is 166 Å². The van der Waals surface area contributed by atoms with Crippen molar-refractivity contribution in [2.24, 2.45) is 0 Å². The summed E-state index contributed by atoms with van der Waals surface area (Å²) in [7, 11) is -10.2. The zero-order valence-corrected chi connectivity index (χ0v) is 16.2. The minimum atomic E-state index is -5.15. The number of anilines is 1. The van der Waals surface area contributed by atoms with Crippen LogP contribution in [0.3, 0.4) is 0 Å².